The number of rotatable bonds is 3. The van der Waals surface area contributed by atoms with E-state index in [0.29, 0.717) is 6.04 Å². The van der Waals surface area contributed by atoms with Crippen molar-refractivity contribution in [3.05, 3.63) is 30.9 Å². The maximum Gasteiger partial charge on any atom is 0.130 e. The van der Waals surface area contributed by atoms with Gasteiger partial charge in [-0.2, -0.15) is 0 Å². The first-order chi connectivity index (χ1) is 7.81. The smallest absolute Gasteiger partial charge is 0.130 e. The largest absolute Gasteiger partial charge is 0.367 e. The van der Waals surface area contributed by atoms with Crippen LogP contribution in [0, 0.1) is 0 Å². The summed E-state index contributed by atoms with van der Waals surface area (Å²) in [6.07, 6.45) is 8.21. The predicted octanol–water partition coefficient (Wildman–Crippen LogP) is 2.06. The number of hydrogen-bond donors (Lipinski definition) is 1. The maximum atomic E-state index is 4.29. The third kappa shape index (κ3) is 1.91. The molecule has 3 rings (SSSR count). The van der Waals surface area contributed by atoms with E-state index in [1.807, 2.05) is 23.9 Å². The summed E-state index contributed by atoms with van der Waals surface area (Å²) in [7, 11) is 2.01. The predicted molar refractivity (Wildman–Crippen MR) is 63.1 cm³/mol. The Balaban J connectivity index is 1.88. The average Bonchev–Trinajstić information content (AvgIpc) is 2.98. The molecule has 4 heteroatoms. The summed E-state index contributed by atoms with van der Waals surface area (Å²) in [6, 6.07) is 4.69. The van der Waals surface area contributed by atoms with Crippen LogP contribution in [-0.4, -0.2) is 20.6 Å². The van der Waals surface area contributed by atoms with E-state index in [1.165, 1.54) is 12.8 Å². The lowest BCUT2D eigenvalue weighted by Crippen LogP contribution is -2.03. The quantitative estimate of drug-likeness (QED) is 0.850. The molecule has 0 atom stereocenters. The molecule has 2 heterocycles. The summed E-state index contributed by atoms with van der Waals surface area (Å²) in [5.41, 5.74) is 2.10. The molecular formula is C12H14N4. The second-order valence-corrected chi connectivity index (χ2v) is 4.27. The SMILES string of the molecule is Cn1ccc(-c2cc(NC3CC3)ncn2)c1. The topological polar surface area (TPSA) is 42.7 Å². The summed E-state index contributed by atoms with van der Waals surface area (Å²) in [4.78, 5) is 8.51. The van der Waals surface area contributed by atoms with Crippen LogP contribution in [0.1, 0.15) is 12.8 Å². The zero-order valence-corrected chi connectivity index (χ0v) is 9.22. The summed E-state index contributed by atoms with van der Waals surface area (Å²) >= 11 is 0. The second-order valence-electron chi connectivity index (χ2n) is 4.27. The van der Waals surface area contributed by atoms with Crippen molar-refractivity contribution < 1.29 is 0 Å². The number of aromatic nitrogens is 3. The van der Waals surface area contributed by atoms with Crippen LogP contribution in [0.2, 0.25) is 0 Å². The van der Waals surface area contributed by atoms with Gasteiger partial charge in [-0.1, -0.05) is 0 Å². The Hall–Kier alpha value is -1.84. The zero-order chi connectivity index (χ0) is 11.0. The molecule has 1 fully saturated rings. The van der Waals surface area contributed by atoms with Crippen molar-refractivity contribution in [2.45, 2.75) is 18.9 Å². The molecule has 0 spiro atoms. The van der Waals surface area contributed by atoms with Crippen LogP contribution < -0.4 is 5.32 Å². The lowest BCUT2D eigenvalue weighted by atomic mass is 10.2. The highest BCUT2D eigenvalue weighted by Crippen LogP contribution is 2.25. The number of aryl methyl sites for hydroxylation is 1. The molecule has 1 aliphatic carbocycles. The highest BCUT2D eigenvalue weighted by Gasteiger charge is 2.21. The maximum absolute atomic E-state index is 4.29. The van der Waals surface area contributed by atoms with Gasteiger partial charge in [0.2, 0.25) is 0 Å². The standard InChI is InChI=1S/C12H14N4/c1-16-5-4-9(7-16)11-6-12(14-8-13-11)15-10-2-3-10/h4-8,10H,2-3H2,1H3,(H,13,14,15). The molecule has 1 N–H and O–H groups in total. The van der Waals surface area contributed by atoms with Crippen molar-refractivity contribution >= 4 is 5.82 Å². The molecule has 2 aromatic rings. The molecule has 0 aromatic carbocycles. The number of hydrogen-bond acceptors (Lipinski definition) is 3. The first kappa shape index (κ1) is 9.39. The van der Waals surface area contributed by atoms with Crippen LogP contribution in [0.15, 0.2) is 30.9 Å². The van der Waals surface area contributed by atoms with Crippen molar-refractivity contribution in [2.75, 3.05) is 5.32 Å². The molecule has 0 unspecified atom stereocenters. The Morgan fingerprint density at radius 3 is 2.94 bits per heavy atom. The molecule has 1 saturated carbocycles. The minimum atomic E-state index is 0.624. The monoisotopic (exact) mass is 214 g/mol. The van der Waals surface area contributed by atoms with Crippen LogP contribution in [-0.2, 0) is 7.05 Å². The Morgan fingerprint density at radius 1 is 1.38 bits per heavy atom. The fourth-order valence-electron chi connectivity index (χ4n) is 1.69. The fraction of sp³-hybridized carbons (Fsp3) is 0.333. The molecule has 0 saturated heterocycles. The highest BCUT2D eigenvalue weighted by molar-refractivity contribution is 5.61. The van der Waals surface area contributed by atoms with E-state index in [-0.39, 0.29) is 0 Å². The molecule has 82 valence electrons. The van der Waals surface area contributed by atoms with Crippen molar-refractivity contribution in [3.63, 3.8) is 0 Å². The van der Waals surface area contributed by atoms with E-state index in [4.69, 9.17) is 0 Å². The summed E-state index contributed by atoms with van der Waals surface area (Å²) < 4.78 is 2.02. The Bertz CT molecular complexity index is 499. The van der Waals surface area contributed by atoms with E-state index < -0.39 is 0 Å². The van der Waals surface area contributed by atoms with E-state index in [0.717, 1.165) is 17.1 Å². The van der Waals surface area contributed by atoms with Gasteiger partial charge < -0.3 is 9.88 Å². The van der Waals surface area contributed by atoms with Crippen LogP contribution >= 0.6 is 0 Å². The van der Waals surface area contributed by atoms with Crippen LogP contribution in [0.3, 0.4) is 0 Å². The van der Waals surface area contributed by atoms with Crippen molar-refractivity contribution in [1.29, 1.82) is 0 Å². The summed E-state index contributed by atoms with van der Waals surface area (Å²) in [6.45, 7) is 0. The van der Waals surface area contributed by atoms with Gasteiger partial charge in [0, 0.05) is 37.1 Å². The lowest BCUT2D eigenvalue weighted by molar-refractivity contribution is 0.928. The van der Waals surface area contributed by atoms with Gasteiger partial charge in [-0.05, 0) is 18.9 Å². The van der Waals surface area contributed by atoms with Gasteiger partial charge in [-0.25, -0.2) is 9.97 Å². The third-order valence-electron chi connectivity index (χ3n) is 2.72. The third-order valence-corrected chi connectivity index (χ3v) is 2.72. The van der Waals surface area contributed by atoms with Crippen molar-refractivity contribution in [1.82, 2.24) is 14.5 Å². The van der Waals surface area contributed by atoms with Crippen molar-refractivity contribution in [2.24, 2.45) is 7.05 Å². The van der Waals surface area contributed by atoms with Gasteiger partial charge in [0.15, 0.2) is 0 Å². The minimum absolute atomic E-state index is 0.624. The minimum Gasteiger partial charge on any atom is -0.367 e. The summed E-state index contributed by atoms with van der Waals surface area (Å²) in [5.74, 6) is 0.927. The summed E-state index contributed by atoms with van der Waals surface area (Å²) in [5, 5.41) is 3.37. The van der Waals surface area contributed by atoms with E-state index >= 15 is 0 Å². The molecule has 1 aliphatic rings. The number of anilines is 1. The van der Waals surface area contributed by atoms with Crippen molar-refractivity contribution in [3.8, 4) is 11.3 Å². The van der Waals surface area contributed by atoms with Gasteiger partial charge in [-0.3, -0.25) is 0 Å². The normalized spacial score (nSPS) is 15.1. The van der Waals surface area contributed by atoms with Crippen LogP contribution in [0.4, 0.5) is 5.82 Å². The van der Waals surface area contributed by atoms with Gasteiger partial charge in [-0.15, -0.1) is 0 Å². The van der Waals surface area contributed by atoms with Crippen LogP contribution in [0.25, 0.3) is 11.3 Å². The molecule has 0 bridgehead atoms. The Labute approximate surface area is 94.4 Å². The number of nitrogens with zero attached hydrogens (tertiary/aromatic N) is 3. The first-order valence-electron chi connectivity index (χ1n) is 5.52. The Morgan fingerprint density at radius 2 is 2.25 bits per heavy atom. The van der Waals surface area contributed by atoms with Gasteiger partial charge in [0.25, 0.3) is 0 Å². The van der Waals surface area contributed by atoms with Crippen LogP contribution in [0.5, 0.6) is 0 Å². The molecule has 2 aromatic heterocycles. The van der Waals surface area contributed by atoms with Gasteiger partial charge >= 0.3 is 0 Å². The molecule has 4 nitrogen and oxygen atoms in total. The lowest BCUT2D eigenvalue weighted by Gasteiger charge is -2.04. The van der Waals surface area contributed by atoms with E-state index in [2.05, 4.69) is 27.5 Å². The Kier molecular flexibility index (Phi) is 2.13. The average molecular weight is 214 g/mol. The first-order valence-corrected chi connectivity index (χ1v) is 5.52. The highest BCUT2D eigenvalue weighted by atomic mass is 15.1. The van der Waals surface area contributed by atoms with E-state index in [1.54, 1.807) is 6.33 Å². The molecule has 0 radical (unpaired) electrons. The molecular weight excluding hydrogens is 200 g/mol. The fourth-order valence-corrected chi connectivity index (χ4v) is 1.69. The molecule has 16 heavy (non-hydrogen) atoms. The number of nitrogens with one attached hydrogen (secondary N) is 1. The van der Waals surface area contributed by atoms with Gasteiger partial charge in [0.05, 0.1) is 5.69 Å². The molecule has 0 amide bonds. The van der Waals surface area contributed by atoms with Gasteiger partial charge in [0.1, 0.15) is 12.1 Å². The second kappa shape index (κ2) is 3.63. The van der Waals surface area contributed by atoms with E-state index in [9.17, 15) is 0 Å². The molecule has 0 aliphatic heterocycles. The zero-order valence-electron chi connectivity index (χ0n) is 9.22.